The highest BCUT2D eigenvalue weighted by atomic mass is 32.2. The number of aromatic nitrogens is 1. The van der Waals surface area contributed by atoms with Gasteiger partial charge in [-0.1, -0.05) is 29.7 Å². The summed E-state index contributed by atoms with van der Waals surface area (Å²) in [6.45, 7) is 0. The van der Waals surface area contributed by atoms with Crippen molar-refractivity contribution in [2.24, 2.45) is 0 Å². The van der Waals surface area contributed by atoms with Crippen LogP contribution in [0.5, 0.6) is 0 Å². The predicted molar refractivity (Wildman–Crippen MR) is 78.7 cm³/mol. The predicted octanol–water partition coefficient (Wildman–Crippen LogP) is 5.18. The lowest BCUT2D eigenvalue weighted by Crippen LogP contribution is -2.28. The Morgan fingerprint density at radius 2 is 1.28 bits per heavy atom. The Hall–Kier alpha value is -1.36. The standard InChI is InChI=1S/C9H14F6O3S.C5H5N/c10-8(11,12)6-4-2-1-3-5-7-9(13,14)19(16,17)18-15;1-2-4-6-5-3-1/h1-7H2;1-5H. The molecule has 146 valence electrons. The monoisotopic (exact) mass is 395 g/mol. The topological polar surface area (TPSA) is 56.3 Å². The zero-order valence-corrected chi connectivity index (χ0v) is 14.0. The molecule has 0 aromatic carbocycles. The number of hydrogen-bond acceptors (Lipinski definition) is 4. The summed E-state index contributed by atoms with van der Waals surface area (Å²) < 4.78 is 95.4. The van der Waals surface area contributed by atoms with Crippen LogP contribution in [0.2, 0.25) is 0 Å². The zero-order valence-electron chi connectivity index (χ0n) is 13.2. The largest absolute Gasteiger partial charge is 0.389 e. The molecule has 0 saturated carbocycles. The minimum atomic E-state index is -5.56. The summed E-state index contributed by atoms with van der Waals surface area (Å²) >= 11 is 0. The summed E-state index contributed by atoms with van der Waals surface area (Å²) in [5, 5.41) is -4.33. The second-order valence-electron chi connectivity index (χ2n) is 5.06. The van der Waals surface area contributed by atoms with Crippen molar-refractivity contribution in [1.29, 1.82) is 0 Å². The number of hydrogen-bond donors (Lipinski definition) is 0. The molecule has 25 heavy (non-hydrogen) atoms. The number of halogens is 6. The number of alkyl halides is 5. The molecule has 0 aliphatic carbocycles. The van der Waals surface area contributed by atoms with Crippen molar-refractivity contribution in [3.05, 3.63) is 30.6 Å². The van der Waals surface area contributed by atoms with E-state index in [9.17, 15) is 34.9 Å². The van der Waals surface area contributed by atoms with Crippen molar-refractivity contribution in [1.82, 2.24) is 4.98 Å². The summed E-state index contributed by atoms with van der Waals surface area (Å²) in [6, 6.07) is 5.72. The molecule has 0 saturated heterocycles. The third-order valence-corrected chi connectivity index (χ3v) is 4.04. The van der Waals surface area contributed by atoms with E-state index in [2.05, 4.69) is 9.37 Å². The molecular formula is C14H19F6NO3S. The van der Waals surface area contributed by atoms with E-state index in [0.717, 1.165) is 0 Å². The molecule has 0 amide bonds. The Kier molecular flexibility index (Phi) is 10.7. The summed E-state index contributed by atoms with van der Waals surface area (Å²) in [7, 11) is -5.56. The van der Waals surface area contributed by atoms with Gasteiger partial charge in [-0.05, 0) is 29.5 Å². The first-order valence-electron chi connectivity index (χ1n) is 7.36. The minimum absolute atomic E-state index is 0.105. The molecule has 0 aliphatic rings. The van der Waals surface area contributed by atoms with Gasteiger partial charge < -0.3 is 0 Å². The Balaban J connectivity index is 0.000000796. The Bertz CT molecular complexity index is 525. The minimum Gasteiger partial charge on any atom is -0.265 e. The van der Waals surface area contributed by atoms with Crippen LogP contribution in [0.1, 0.15) is 44.9 Å². The van der Waals surface area contributed by atoms with Crippen molar-refractivity contribution in [2.75, 3.05) is 0 Å². The van der Waals surface area contributed by atoms with Crippen LogP contribution in [0.3, 0.4) is 0 Å². The van der Waals surface area contributed by atoms with Crippen LogP contribution in [0.15, 0.2) is 30.6 Å². The number of rotatable bonds is 9. The van der Waals surface area contributed by atoms with Gasteiger partial charge in [0.2, 0.25) is 0 Å². The van der Waals surface area contributed by atoms with Crippen molar-refractivity contribution in [3.63, 3.8) is 0 Å². The molecular weight excluding hydrogens is 376 g/mol. The fourth-order valence-electron chi connectivity index (χ4n) is 1.67. The molecule has 0 radical (unpaired) electrons. The molecule has 1 rings (SSSR count). The van der Waals surface area contributed by atoms with Crippen molar-refractivity contribution >= 4 is 10.1 Å². The highest BCUT2D eigenvalue weighted by Crippen LogP contribution is 2.30. The van der Waals surface area contributed by atoms with Crippen LogP contribution in [0, 0.1) is 0 Å². The van der Waals surface area contributed by atoms with Crippen molar-refractivity contribution in [3.8, 4) is 0 Å². The zero-order chi connectivity index (χ0) is 19.4. The van der Waals surface area contributed by atoms with Crippen molar-refractivity contribution in [2.45, 2.75) is 56.4 Å². The quantitative estimate of drug-likeness (QED) is 0.427. The maximum Gasteiger partial charge on any atom is 0.389 e. The van der Waals surface area contributed by atoms with E-state index in [-0.39, 0.29) is 32.1 Å². The van der Waals surface area contributed by atoms with Gasteiger partial charge in [-0.3, -0.25) is 4.98 Å². The fourth-order valence-corrected chi connectivity index (χ4v) is 2.16. The molecule has 0 aliphatic heterocycles. The van der Waals surface area contributed by atoms with Gasteiger partial charge in [0.25, 0.3) is 0 Å². The third-order valence-electron chi connectivity index (χ3n) is 2.94. The molecule has 0 spiro atoms. The van der Waals surface area contributed by atoms with E-state index < -0.39 is 34.4 Å². The maximum atomic E-state index is 12.8. The molecule has 0 N–H and O–H groups in total. The lowest BCUT2D eigenvalue weighted by atomic mass is 10.1. The van der Waals surface area contributed by atoms with Gasteiger partial charge >= 0.3 is 21.5 Å². The summed E-state index contributed by atoms with van der Waals surface area (Å²) in [5.74, 6) is 0. The summed E-state index contributed by atoms with van der Waals surface area (Å²) in [4.78, 5) is 3.78. The molecule has 4 nitrogen and oxygen atoms in total. The number of nitrogens with zero attached hydrogens (tertiary/aromatic N) is 1. The summed E-state index contributed by atoms with van der Waals surface area (Å²) in [5.41, 5.74) is 0. The van der Waals surface area contributed by atoms with Gasteiger partial charge in [0.15, 0.2) is 0 Å². The average molecular weight is 395 g/mol. The molecule has 1 aromatic heterocycles. The molecule has 0 fully saturated rings. The fraction of sp³-hybridized carbons (Fsp3) is 0.643. The molecule has 0 unspecified atom stereocenters. The number of pyridine rings is 1. The van der Waals surface area contributed by atoms with E-state index in [0.29, 0.717) is 0 Å². The first-order valence-corrected chi connectivity index (χ1v) is 8.77. The molecule has 1 aromatic rings. The highest BCUT2D eigenvalue weighted by molar-refractivity contribution is 7.87. The number of unbranched alkanes of at least 4 members (excludes halogenated alkanes) is 4. The SMILES string of the molecule is O=S(=O)(OF)C(F)(F)CCCCCCCC(F)(F)F.c1ccncc1. The van der Waals surface area contributed by atoms with Crippen molar-refractivity contribution < 1.29 is 39.3 Å². The first-order chi connectivity index (χ1) is 11.5. The van der Waals surface area contributed by atoms with Crippen LogP contribution in [-0.4, -0.2) is 24.8 Å². The Morgan fingerprint density at radius 3 is 1.64 bits per heavy atom. The Labute approximate surface area is 142 Å². The van der Waals surface area contributed by atoms with Crippen LogP contribution in [0.4, 0.5) is 26.5 Å². The lowest BCUT2D eigenvalue weighted by Gasteiger charge is -2.12. The van der Waals surface area contributed by atoms with Crippen LogP contribution >= 0.6 is 0 Å². The molecule has 1 heterocycles. The maximum absolute atomic E-state index is 12.8. The van der Waals surface area contributed by atoms with E-state index in [1.165, 1.54) is 0 Å². The van der Waals surface area contributed by atoms with Crippen LogP contribution in [0.25, 0.3) is 0 Å². The van der Waals surface area contributed by atoms with Gasteiger partial charge in [-0.15, -0.1) is 0 Å². The van der Waals surface area contributed by atoms with E-state index in [1.54, 1.807) is 12.4 Å². The third kappa shape index (κ3) is 11.8. The van der Waals surface area contributed by atoms with Gasteiger partial charge in [-0.2, -0.15) is 30.4 Å². The van der Waals surface area contributed by atoms with Gasteiger partial charge in [0, 0.05) is 25.2 Å². The van der Waals surface area contributed by atoms with Gasteiger partial charge in [0.1, 0.15) is 0 Å². The second kappa shape index (κ2) is 11.3. The Morgan fingerprint density at radius 1 is 0.800 bits per heavy atom. The van der Waals surface area contributed by atoms with E-state index in [1.807, 2.05) is 18.2 Å². The second-order valence-corrected chi connectivity index (χ2v) is 6.69. The highest BCUT2D eigenvalue weighted by Gasteiger charge is 2.46. The molecule has 0 atom stereocenters. The van der Waals surface area contributed by atoms with Gasteiger partial charge in [0.05, 0.1) is 0 Å². The first kappa shape index (κ1) is 23.6. The average Bonchev–Trinajstić information content (AvgIpc) is 2.55. The van der Waals surface area contributed by atoms with Crippen LogP contribution < -0.4 is 0 Å². The molecule has 0 bridgehead atoms. The molecule has 11 heteroatoms. The van der Waals surface area contributed by atoms with E-state index in [4.69, 9.17) is 0 Å². The summed E-state index contributed by atoms with van der Waals surface area (Å²) in [6.07, 6.45) is -2.55. The normalized spacial score (nSPS) is 12.4. The van der Waals surface area contributed by atoms with Crippen LogP contribution in [-0.2, 0) is 14.5 Å². The van der Waals surface area contributed by atoms with E-state index >= 15 is 0 Å². The van der Waals surface area contributed by atoms with Gasteiger partial charge in [-0.25, -0.2) is 0 Å². The lowest BCUT2D eigenvalue weighted by molar-refractivity contribution is -0.135. The smallest absolute Gasteiger partial charge is 0.265 e.